The summed E-state index contributed by atoms with van der Waals surface area (Å²) < 4.78 is 0. The third-order valence-electron chi connectivity index (χ3n) is 2.35. The number of hydrogen-bond donors (Lipinski definition) is 3. The highest BCUT2D eigenvalue weighted by atomic mass is 15.8. The molecule has 0 aromatic carbocycles. The Bertz CT molecular complexity index is 246. The van der Waals surface area contributed by atoms with Gasteiger partial charge in [0.2, 0.25) is 0 Å². The number of allylic oxidation sites excluding steroid dienone is 1. The van der Waals surface area contributed by atoms with E-state index in [0.717, 1.165) is 17.3 Å². The molecular weight excluding hydrogens is 190 g/mol. The number of nitrogens with zero attached hydrogens (tertiary/aromatic N) is 2. The van der Waals surface area contributed by atoms with Crippen LogP contribution in [0.5, 0.6) is 0 Å². The van der Waals surface area contributed by atoms with Crippen LogP contribution in [0.15, 0.2) is 16.9 Å². The predicted octanol–water partition coefficient (Wildman–Crippen LogP) is 1.20. The Morgan fingerprint density at radius 1 is 1.33 bits per heavy atom. The van der Waals surface area contributed by atoms with E-state index in [1.165, 1.54) is 32.1 Å². The molecule has 5 heteroatoms. The average molecular weight is 211 g/mol. The van der Waals surface area contributed by atoms with Crippen LogP contribution in [0.3, 0.4) is 0 Å². The Kier molecular flexibility index (Phi) is 4.97. The zero-order valence-electron chi connectivity index (χ0n) is 9.37. The topological polar surface area (TPSA) is 79.7 Å². The fourth-order valence-electron chi connectivity index (χ4n) is 1.58. The van der Waals surface area contributed by atoms with Crippen molar-refractivity contribution in [1.29, 1.82) is 0 Å². The third kappa shape index (κ3) is 4.69. The van der Waals surface area contributed by atoms with Crippen LogP contribution in [0.2, 0.25) is 0 Å². The molecule has 0 aromatic rings. The lowest BCUT2D eigenvalue weighted by molar-refractivity contribution is 0.220. The van der Waals surface area contributed by atoms with Gasteiger partial charge in [-0.3, -0.25) is 5.43 Å². The first kappa shape index (κ1) is 11.8. The summed E-state index contributed by atoms with van der Waals surface area (Å²) in [6, 6.07) is 0. The Balaban J connectivity index is 2.19. The summed E-state index contributed by atoms with van der Waals surface area (Å²) in [7, 11) is 0. The zero-order valence-corrected chi connectivity index (χ0v) is 9.37. The summed E-state index contributed by atoms with van der Waals surface area (Å²) in [6.07, 6.45) is 9.14. The van der Waals surface area contributed by atoms with Crippen LogP contribution in [0, 0.1) is 0 Å². The largest absolute Gasteiger partial charge is 0.382 e. The van der Waals surface area contributed by atoms with Gasteiger partial charge in [0.25, 0.3) is 0 Å². The van der Waals surface area contributed by atoms with E-state index in [1.807, 2.05) is 6.08 Å². The van der Waals surface area contributed by atoms with Gasteiger partial charge < -0.3 is 5.73 Å². The lowest BCUT2D eigenvalue weighted by Crippen LogP contribution is -2.43. The number of hydrazine groups is 2. The minimum absolute atomic E-state index is 0.458. The number of amidine groups is 1. The maximum atomic E-state index is 5.58. The summed E-state index contributed by atoms with van der Waals surface area (Å²) in [4.78, 5) is 0. The van der Waals surface area contributed by atoms with Crippen molar-refractivity contribution >= 4 is 5.84 Å². The summed E-state index contributed by atoms with van der Waals surface area (Å²) in [6.45, 7) is 2.22. The standard InChI is InChI=1S/C10H21N5/c1-2-3-4-5-6-7-9-8-10(11)14-15(12)13-9/h8,13H,2-7,12H2,1H3,(H2,11,14). The maximum absolute atomic E-state index is 5.58. The first-order chi connectivity index (χ1) is 7.22. The van der Waals surface area contributed by atoms with Gasteiger partial charge in [0, 0.05) is 11.8 Å². The van der Waals surface area contributed by atoms with Crippen molar-refractivity contribution in [2.45, 2.75) is 45.4 Å². The Morgan fingerprint density at radius 3 is 2.73 bits per heavy atom. The smallest absolute Gasteiger partial charge is 0.148 e. The molecule has 0 radical (unpaired) electrons. The molecule has 0 bridgehead atoms. The molecule has 1 aliphatic heterocycles. The predicted molar refractivity (Wildman–Crippen MR) is 62.2 cm³/mol. The van der Waals surface area contributed by atoms with Gasteiger partial charge in [-0.05, 0) is 12.8 Å². The van der Waals surface area contributed by atoms with Gasteiger partial charge >= 0.3 is 0 Å². The monoisotopic (exact) mass is 211 g/mol. The SMILES string of the molecule is CCCCCCCC1=CC(N)=NN(N)N1. The van der Waals surface area contributed by atoms with E-state index in [0.29, 0.717) is 5.84 Å². The highest BCUT2D eigenvalue weighted by Gasteiger charge is 2.06. The fraction of sp³-hybridized carbons (Fsp3) is 0.700. The fourth-order valence-corrected chi connectivity index (χ4v) is 1.58. The molecule has 1 rings (SSSR count). The number of hydrazone groups is 1. The molecule has 0 saturated heterocycles. The van der Waals surface area contributed by atoms with Crippen LogP contribution >= 0.6 is 0 Å². The molecule has 0 fully saturated rings. The Hall–Kier alpha value is -1.23. The van der Waals surface area contributed by atoms with E-state index >= 15 is 0 Å². The average Bonchev–Trinajstić information content (AvgIpc) is 2.16. The van der Waals surface area contributed by atoms with E-state index < -0.39 is 0 Å². The summed E-state index contributed by atoms with van der Waals surface area (Å²) in [5.41, 5.74) is 9.56. The number of nitrogens with one attached hydrogen (secondary N) is 1. The summed E-state index contributed by atoms with van der Waals surface area (Å²) in [5.74, 6) is 5.94. The minimum atomic E-state index is 0.458. The van der Waals surface area contributed by atoms with Crippen molar-refractivity contribution in [2.24, 2.45) is 16.7 Å². The van der Waals surface area contributed by atoms with Gasteiger partial charge in [0.05, 0.1) is 0 Å². The summed E-state index contributed by atoms with van der Waals surface area (Å²) >= 11 is 0. The molecule has 1 aliphatic rings. The van der Waals surface area contributed by atoms with Crippen molar-refractivity contribution < 1.29 is 0 Å². The molecule has 5 nitrogen and oxygen atoms in total. The second kappa shape index (κ2) is 6.29. The van der Waals surface area contributed by atoms with Gasteiger partial charge in [-0.2, -0.15) is 0 Å². The molecule has 0 aliphatic carbocycles. The molecule has 15 heavy (non-hydrogen) atoms. The van der Waals surface area contributed by atoms with Gasteiger partial charge in [0.15, 0.2) is 0 Å². The number of nitrogens with two attached hydrogens (primary N) is 2. The number of hydrogen-bond acceptors (Lipinski definition) is 5. The third-order valence-corrected chi connectivity index (χ3v) is 2.35. The summed E-state index contributed by atoms with van der Waals surface area (Å²) in [5, 5.41) is 4.97. The van der Waals surface area contributed by atoms with Crippen LogP contribution in [0.25, 0.3) is 0 Å². The molecule has 0 unspecified atom stereocenters. The van der Waals surface area contributed by atoms with Crippen molar-refractivity contribution in [3.05, 3.63) is 11.8 Å². The molecule has 86 valence electrons. The molecule has 0 atom stereocenters. The van der Waals surface area contributed by atoms with Crippen molar-refractivity contribution in [3.8, 4) is 0 Å². The van der Waals surface area contributed by atoms with Gasteiger partial charge in [0.1, 0.15) is 5.84 Å². The second-order valence-electron chi connectivity index (χ2n) is 3.82. The number of rotatable bonds is 6. The van der Waals surface area contributed by atoms with E-state index in [1.54, 1.807) is 0 Å². The van der Waals surface area contributed by atoms with E-state index in [9.17, 15) is 0 Å². The molecule has 0 aromatic heterocycles. The van der Waals surface area contributed by atoms with Crippen LogP contribution < -0.4 is 17.0 Å². The van der Waals surface area contributed by atoms with Gasteiger partial charge in [-0.15, -0.1) is 10.3 Å². The van der Waals surface area contributed by atoms with E-state index in [2.05, 4.69) is 17.5 Å². The quantitative estimate of drug-likeness (QED) is 0.455. The first-order valence-corrected chi connectivity index (χ1v) is 5.58. The normalized spacial score (nSPS) is 15.7. The zero-order chi connectivity index (χ0) is 11.1. The van der Waals surface area contributed by atoms with Gasteiger partial charge in [-0.25, -0.2) is 5.84 Å². The lowest BCUT2D eigenvalue weighted by Gasteiger charge is -2.21. The van der Waals surface area contributed by atoms with Crippen LogP contribution in [-0.2, 0) is 0 Å². The molecule has 5 N–H and O–H groups in total. The van der Waals surface area contributed by atoms with Crippen LogP contribution in [0.4, 0.5) is 0 Å². The second-order valence-corrected chi connectivity index (χ2v) is 3.82. The van der Waals surface area contributed by atoms with Crippen molar-refractivity contribution in [2.75, 3.05) is 0 Å². The van der Waals surface area contributed by atoms with Crippen LogP contribution in [-0.4, -0.2) is 11.1 Å². The van der Waals surface area contributed by atoms with Crippen molar-refractivity contribution in [3.63, 3.8) is 0 Å². The van der Waals surface area contributed by atoms with Crippen molar-refractivity contribution in [1.82, 2.24) is 10.7 Å². The van der Waals surface area contributed by atoms with E-state index in [-0.39, 0.29) is 0 Å². The number of unbranched alkanes of at least 4 members (excludes halogenated alkanes) is 4. The molecule has 0 spiro atoms. The molecule has 0 amide bonds. The highest BCUT2D eigenvalue weighted by molar-refractivity contribution is 5.92. The van der Waals surface area contributed by atoms with Crippen LogP contribution in [0.1, 0.15) is 45.4 Å². The minimum Gasteiger partial charge on any atom is -0.382 e. The van der Waals surface area contributed by atoms with Gasteiger partial charge in [-0.1, -0.05) is 32.6 Å². The highest BCUT2D eigenvalue weighted by Crippen LogP contribution is 2.10. The Morgan fingerprint density at radius 2 is 2.07 bits per heavy atom. The molecular formula is C10H21N5. The lowest BCUT2D eigenvalue weighted by atomic mass is 10.1. The first-order valence-electron chi connectivity index (χ1n) is 5.58. The maximum Gasteiger partial charge on any atom is 0.148 e. The Labute approximate surface area is 91.1 Å². The molecule has 1 heterocycles. The van der Waals surface area contributed by atoms with E-state index in [4.69, 9.17) is 11.6 Å². The molecule has 0 saturated carbocycles.